The lowest BCUT2D eigenvalue weighted by Gasteiger charge is -2.12. The topological polar surface area (TPSA) is 88.8 Å². The zero-order valence-corrected chi connectivity index (χ0v) is 16.2. The van der Waals surface area contributed by atoms with E-state index < -0.39 is 4.92 Å². The van der Waals surface area contributed by atoms with Crippen molar-refractivity contribution in [2.24, 2.45) is 4.99 Å². The predicted molar refractivity (Wildman–Crippen MR) is 109 cm³/mol. The van der Waals surface area contributed by atoms with E-state index in [1.54, 1.807) is 19.2 Å². The maximum atomic E-state index is 10.8. The summed E-state index contributed by atoms with van der Waals surface area (Å²) in [5.41, 5.74) is 0.890. The number of para-hydroxylation sites is 1. The van der Waals surface area contributed by atoms with Crippen LogP contribution in [0.4, 0.5) is 5.69 Å². The number of nitrogens with one attached hydrogen (secondary N) is 2. The molecule has 0 heterocycles. The largest absolute Gasteiger partial charge is 0.492 e. The van der Waals surface area contributed by atoms with E-state index in [4.69, 9.17) is 4.74 Å². The van der Waals surface area contributed by atoms with Crippen LogP contribution in [0.2, 0.25) is 0 Å². The molecule has 7 nitrogen and oxygen atoms in total. The SMILES string of the molecule is CN=C(NCCOc1ccccc1)NCc1cccc([N+](=O)[O-])c1.I. The summed E-state index contributed by atoms with van der Waals surface area (Å²) in [7, 11) is 1.67. The van der Waals surface area contributed by atoms with E-state index in [1.807, 2.05) is 36.4 Å². The first-order valence-electron chi connectivity index (χ1n) is 7.55. The molecule has 0 saturated heterocycles. The molecule has 25 heavy (non-hydrogen) atoms. The summed E-state index contributed by atoms with van der Waals surface area (Å²) in [6.07, 6.45) is 0. The van der Waals surface area contributed by atoms with Gasteiger partial charge in [-0.2, -0.15) is 0 Å². The molecule has 0 fully saturated rings. The van der Waals surface area contributed by atoms with Gasteiger partial charge in [0.2, 0.25) is 0 Å². The molecule has 2 aromatic rings. The van der Waals surface area contributed by atoms with Crippen LogP contribution in [0.5, 0.6) is 5.75 Å². The lowest BCUT2D eigenvalue weighted by molar-refractivity contribution is -0.384. The van der Waals surface area contributed by atoms with Crippen LogP contribution >= 0.6 is 24.0 Å². The number of ether oxygens (including phenoxy) is 1. The molecule has 134 valence electrons. The van der Waals surface area contributed by atoms with Gasteiger partial charge in [-0.3, -0.25) is 15.1 Å². The number of halogens is 1. The van der Waals surface area contributed by atoms with Crippen molar-refractivity contribution < 1.29 is 9.66 Å². The van der Waals surface area contributed by atoms with E-state index in [1.165, 1.54) is 6.07 Å². The Labute approximate surface area is 163 Å². The van der Waals surface area contributed by atoms with Gasteiger partial charge in [0, 0.05) is 25.7 Å². The lowest BCUT2D eigenvalue weighted by Crippen LogP contribution is -2.38. The van der Waals surface area contributed by atoms with Gasteiger partial charge >= 0.3 is 0 Å². The summed E-state index contributed by atoms with van der Waals surface area (Å²) in [6, 6.07) is 16.1. The molecule has 0 saturated carbocycles. The van der Waals surface area contributed by atoms with Crippen LogP contribution in [0.25, 0.3) is 0 Å². The highest BCUT2D eigenvalue weighted by Crippen LogP contribution is 2.12. The van der Waals surface area contributed by atoms with Crippen molar-refractivity contribution in [3.8, 4) is 5.75 Å². The minimum Gasteiger partial charge on any atom is -0.492 e. The second-order valence-corrected chi connectivity index (χ2v) is 4.94. The first-order chi connectivity index (χ1) is 11.7. The van der Waals surface area contributed by atoms with Crippen molar-refractivity contribution >= 4 is 35.6 Å². The minimum atomic E-state index is -0.405. The molecule has 0 spiro atoms. The number of nitrogens with zero attached hydrogens (tertiary/aromatic N) is 2. The fourth-order valence-corrected chi connectivity index (χ4v) is 2.04. The standard InChI is InChI=1S/C17H20N4O3.HI/c1-18-17(19-10-11-24-16-8-3-2-4-9-16)20-13-14-6-5-7-15(12-14)21(22)23;/h2-9,12H,10-11,13H2,1H3,(H2,18,19,20);1H. The maximum absolute atomic E-state index is 10.8. The summed E-state index contributed by atoms with van der Waals surface area (Å²) in [6.45, 7) is 1.53. The fourth-order valence-electron chi connectivity index (χ4n) is 2.04. The van der Waals surface area contributed by atoms with Crippen molar-refractivity contribution in [3.63, 3.8) is 0 Å². The lowest BCUT2D eigenvalue weighted by atomic mass is 10.2. The fraction of sp³-hybridized carbons (Fsp3) is 0.235. The Hall–Kier alpha value is -2.36. The second kappa shape index (κ2) is 11.2. The van der Waals surface area contributed by atoms with E-state index in [2.05, 4.69) is 15.6 Å². The Balaban J connectivity index is 0.00000312. The van der Waals surface area contributed by atoms with Gasteiger partial charge in [-0.15, -0.1) is 24.0 Å². The molecule has 0 aromatic heterocycles. The molecule has 2 N–H and O–H groups in total. The number of nitro groups is 1. The highest BCUT2D eigenvalue weighted by atomic mass is 127. The Kier molecular flexibility index (Phi) is 9.30. The average molecular weight is 456 g/mol. The summed E-state index contributed by atoms with van der Waals surface area (Å²) < 4.78 is 5.59. The number of rotatable bonds is 7. The molecule has 2 rings (SSSR count). The normalized spacial score (nSPS) is 10.5. The molecule has 0 amide bonds. The molecule has 0 radical (unpaired) electrons. The monoisotopic (exact) mass is 456 g/mol. The van der Waals surface area contributed by atoms with Crippen molar-refractivity contribution in [2.45, 2.75) is 6.54 Å². The summed E-state index contributed by atoms with van der Waals surface area (Å²) in [4.78, 5) is 14.5. The van der Waals surface area contributed by atoms with E-state index in [-0.39, 0.29) is 29.7 Å². The molecular formula is C17H21IN4O3. The van der Waals surface area contributed by atoms with E-state index in [0.29, 0.717) is 25.7 Å². The van der Waals surface area contributed by atoms with Gasteiger partial charge in [0.25, 0.3) is 5.69 Å². The number of guanidine groups is 1. The smallest absolute Gasteiger partial charge is 0.269 e. The van der Waals surface area contributed by atoms with Crippen LogP contribution < -0.4 is 15.4 Å². The van der Waals surface area contributed by atoms with Crippen molar-refractivity contribution in [3.05, 3.63) is 70.3 Å². The summed E-state index contributed by atoms with van der Waals surface area (Å²) in [5.74, 6) is 1.43. The van der Waals surface area contributed by atoms with Gasteiger partial charge in [0.05, 0.1) is 11.5 Å². The number of hydrogen-bond acceptors (Lipinski definition) is 4. The van der Waals surface area contributed by atoms with Crippen LogP contribution in [-0.4, -0.2) is 31.1 Å². The summed E-state index contributed by atoms with van der Waals surface area (Å²) in [5, 5.41) is 17.0. The zero-order chi connectivity index (χ0) is 17.2. The highest BCUT2D eigenvalue weighted by Gasteiger charge is 2.06. The number of hydrogen-bond donors (Lipinski definition) is 2. The van der Waals surface area contributed by atoms with Crippen LogP contribution in [0.3, 0.4) is 0 Å². The average Bonchev–Trinajstić information content (AvgIpc) is 2.62. The molecule has 0 aliphatic heterocycles. The number of nitro benzene ring substituents is 1. The van der Waals surface area contributed by atoms with Gasteiger partial charge in [-0.1, -0.05) is 30.3 Å². The van der Waals surface area contributed by atoms with Crippen molar-refractivity contribution in [2.75, 3.05) is 20.2 Å². The third-order valence-electron chi connectivity index (χ3n) is 3.21. The highest BCUT2D eigenvalue weighted by molar-refractivity contribution is 14.0. The number of aliphatic imine (C=N–C) groups is 1. The minimum absolute atomic E-state index is 0. The second-order valence-electron chi connectivity index (χ2n) is 4.94. The van der Waals surface area contributed by atoms with Gasteiger partial charge in [0.1, 0.15) is 12.4 Å². The van der Waals surface area contributed by atoms with Gasteiger partial charge in [0.15, 0.2) is 5.96 Å². The molecule has 8 heteroatoms. The third-order valence-corrected chi connectivity index (χ3v) is 3.21. The molecule has 0 unspecified atom stereocenters. The Bertz CT molecular complexity index is 695. The first-order valence-corrected chi connectivity index (χ1v) is 7.55. The van der Waals surface area contributed by atoms with Gasteiger partial charge < -0.3 is 15.4 Å². The van der Waals surface area contributed by atoms with E-state index in [0.717, 1.165) is 11.3 Å². The molecule has 0 aliphatic carbocycles. The van der Waals surface area contributed by atoms with Crippen LogP contribution in [0.15, 0.2) is 59.6 Å². The van der Waals surface area contributed by atoms with Crippen LogP contribution in [-0.2, 0) is 6.54 Å². The predicted octanol–water partition coefficient (Wildman–Crippen LogP) is 2.96. The number of benzene rings is 2. The number of non-ortho nitro benzene ring substituents is 1. The van der Waals surface area contributed by atoms with E-state index in [9.17, 15) is 10.1 Å². The van der Waals surface area contributed by atoms with Crippen molar-refractivity contribution in [1.29, 1.82) is 0 Å². The quantitative estimate of drug-likeness (QED) is 0.167. The molecule has 2 aromatic carbocycles. The molecule has 0 aliphatic rings. The summed E-state index contributed by atoms with van der Waals surface area (Å²) >= 11 is 0. The van der Waals surface area contributed by atoms with E-state index >= 15 is 0 Å². The Morgan fingerprint density at radius 1 is 1.16 bits per heavy atom. The Morgan fingerprint density at radius 2 is 1.92 bits per heavy atom. The molecule has 0 atom stereocenters. The van der Waals surface area contributed by atoms with Gasteiger partial charge in [-0.25, -0.2) is 0 Å². The van der Waals surface area contributed by atoms with Crippen LogP contribution in [0, 0.1) is 10.1 Å². The Morgan fingerprint density at radius 3 is 2.60 bits per heavy atom. The van der Waals surface area contributed by atoms with Crippen molar-refractivity contribution in [1.82, 2.24) is 10.6 Å². The first kappa shape index (κ1) is 20.7. The third kappa shape index (κ3) is 7.38. The van der Waals surface area contributed by atoms with Crippen LogP contribution in [0.1, 0.15) is 5.56 Å². The zero-order valence-electron chi connectivity index (χ0n) is 13.8. The van der Waals surface area contributed by atoms with Gasteiger partial charge in [-0.05, 0) is 17.7 Å². The molecular weight excluding hydrogens is 435 g/mol. The maximum Gasteiger partial charge on any atom is 0.269 e. The molecule has 0 bridgehead atoms.